The van der Waals surface area contributed by atoms with Crippen LogP contribution in [0.4, 0.5) is 4.39 Å². The molecule has 3 aromatic carbocycles. The lowest BCUT2D eigenvalue weighted by atomic mass is 9.73. The van der Waals surface area contributed by atoms with E-state index in [0.29, 0.717) is 16.8 Å². The third-order valence-electron chi connectivity index (χ3n) is 6.61. The summed E-state index contributed by atoms with van der Waals surface area (Å²) in [6.45, 7) is 0. The second-order valence-electron chi connectivity index (χ2n) is 8.71. The number of hydrogen-bond acceptors (Lipinski definition) is 3. The third-order valence-corrected chi connectivity index (χ3v) is 6.61. The summed E-state index contributed by atoms with van der Waals surface area (Å²) in [5.41, 5.74) is 6.69. The average molecular weight is 469 g/mol. The van der Waals surface area contributed by atoms with Crippen LogP contribution < -0.4 is 4.74 Å². The highest BCUT2D eigenvalue weighted by Crippen LogP contribution is 2.45. The van der Waals surface area contributed by atoms with Crippen LogP contribution in [0.3, 0.4) is 0 Å². The van der Waals surface area contributed by atoms with Gasteiger partial charge in [-0.2, -0.15) is 4.39 Å². The zero-order valence-electron chi connectivity index (χ0n) is 19.3. The molecule has 0 radical (unpaired) electrons. The molecule has 2 N–H and O–H groups in total. The van der Waals surface area contributed by atoms with Gasteiger partial charge in [-0.25, -0.2) is 4.79 Å². The fraction of sp³-hybridized carbons (Fsp3) is 0.172. The maximum Gasteiger partial charge on any atom is 0.328 e. The zero-order valence-corrected chi connectivity index (χ0v) is 19.3. The van der Waals surface area contributed by atoms with Crippen molar-refractivity contribution in [2.75, 3.05) is 7.11 Å². The average Bonchev–Trinajstić information content (AvgIpc) is 3.22. The molecule has 1 aliphatic rings. The van der Waals surface area contributed by atoms with Crippen LogP contribution in [-0.4, -0.2) is 28.4 Å². The summed E-state index contributed by atoms with van der Waals surface area (Å²) in [6.07, 6.45) is 6.04. The van der Waals surface area contributed by atoms with Crippen LogP contribution in [0.5, 0.6) is 5.75 Å². The number of H-pyrrole nitrogens is 1. The number of halogens is 1. The number of aromatic nitrogens is 2. The minimum absolute atomic E-state index is 0.384. The van der Waals surface area contributed by atoms with Gasteiger partial charge >= 0.3 is 5.97 Å². The minimum atomic E-state index is -0.989. The summed E-state index contributed by atoms with van der Waals surface area (Å²) < 4.78 is 19.8. The lowest BCUT2D eigenvalue weighted by Gasteiger charge is -2.31. The lowest BCUT2D eigenvalue weighted by molar-refractivity contribution is -0.131. The molecule has 1 aromatic heterocycles. The molecule has 0 unspecified atom stereocenters. The van der Waals surface area contributed by atoms with Crippen LogP contribution >= 0.6 is 0 Å². The molecule has 35 heavy (non-hydrogen) atoms. The van der Waals surface area contributed by atoms with E-state index in [-0.39, 0.29) is 0 Å². The second-order valence-corrected chi connectivity index (χ2v) is 8.71. The fourth-order valence-electron chi connectivity index (χ4n) is 4.60. The number of carbonyl (C=O) groups is 1. The zero-order chi connectivity index (χ0) is 24.4. The number of rotatable bonds is 7. The molecule has 1 aliphatic carbocycles. The number of hydrogen-bond donors (Lipinski definition) is 2. The Bertz CT molecular complexity index is 1430. The topological polar surface area (TPSA) is 75.2 Å². The van der Waals surface area contributed by atoms with Gasteiger partial charge in [0.1, 0.15) is 5.75 Å². The molecule has 0 spiro atoms. The quantitative estimate of drug-likeness (QED) is 0.238. The van der Waals surface area contributed by atoms with Crippen molar-refractivity contribution >= 4 is 34.1 Å². The number of aromatic amines is 1. The summed E-state index contributed by atoms with van der Waals surface area (Å²) >= 11 is 0. The molecule has 0 bridgehead atoms. The highest BCUT2D eigenvalue weighted by Gasteiger charge is 2.27. The number of carboxylic acids is 1. The Morgan fingerprint density at radius 3 is 2.34 bits per heavy atom. The summed E-state index contributed by atoms with van der Waals surface area (Å²) in [5, 5.41) is 15.8. The monoisotopic (exact) mass is 468 g/mol. The third kappa shape index (κ3) is 4.60. The van der Waals surface area contributed by atoms with Crippen molar-refractivity contribution in [2.24, 2.45) is 5.92 Å². The van der Waals surface area contributed by atoms with E-state index in [1.807, 2.05) is 54.6 Å². The van der Waals surface area contributed by atoms with Gasteiger partial charge in [0.25, 0.3) is 0 Å². The number of nitrogens with zero attached hydrogens (tertiary/aromatic N) is 1. The predicted molar refractivity (Wildman–Crippen MR) is 135 cm³/mol. The van der Waals surface area contributed by atoms with Crippen molar-refractivity contribution < 1.29 is 19.0 Å². The van der Waals surface area contributed by atoms with Gasteiger partial charge in [0, 0.05) is 6.08 Å². The Labute approximate surface area is 202 Å². The smallest absolute Gasteiger partial charge is 0.328 e. The van der Waals surface area contributed by atoms with Gasteiger partial charge in [-0.1, -0.05) is 48.9 Å². The number of ether oxygens (including phenoxy) is 1. The molecule has 0 atom stereocenters. The first-order valence-electron chi connectivity index (χ1n) is 11.6. The summed E-state index contributed by atoms with van der Waals surface area (Å²) in [5.74, 6) is -0.337. The number of benzene rings is 3. The van der Waals surface area contributed by atoms with Crippen LogP contribution in [0.2, 0.25) is 0 Å². The van der Waals surface area contributed by atoms with Crippen molar-refractivity contribution in [3.05, 3.63) is 101 Å². The Hall–Kier alpha value is -4.19. The summed E-state index contributed by atoms with van der Waals surface area (Å²) in [6, 6.07) is 21.6. The molecule has 1 fully saturated rings. The fourth-order valence-corrected chi connectivity index (χ4v) is 4.60. The van der Waals surface area contributed by atoms with Gasteiger partial charge in [-0.05, 0) is 82.5 Å². The first-order valence-corrected chi connectivity index (χ1v) is 11.6. The van der Waals surface area contributed by atoms with Gasteiger partial charge in [0.2, 0.25) is 5.95 Å². The van der Waals surface area contributed by atoms with Crippen molar-refractivity contribution in [3.8, 4) is 5.75 Å². The molecule has 0 aliphatic heterocycles. The van der Waals surface area contributed by atoms with E-state index in [2.05, 4.69) is 22.3 Å². The van der Waals surface area contributed by atoms with E-state index < -0.39 is 11.9 Å². The second kappa shape index (κ2) is 9.58. The van der Waals surface area contributed by atoms with Crippen LogP contribution in [0, 0.1) is 11.9 Å². The van der Waals surface area contributed by atoms with E-state index in [1.165, 1.54) is 12.0 Å². The van der Waals surface area contributed by atoms with Gasteiger partial charge < -0.3 is 9.84 Å². The SMILES string of the molecule is COc1ccc(C(=C(c2ccc(C=CC(=O)O)cc2)c2ccc3[nH]nc(F)c3c2)C2CCC2)cc1. The molecule has 0 amide bonds. The highest BCUT2D eigenvalue weighted by atomic mass is 19.1. The van der Waals surface area contributed by atoms with Crippen LogP contribution in [0.25, 0.3) is 28.1 Å². The number of nitrogens with one attached hydrogen (secondary N) is 1. The molecule has 1 heterocycles. The van der Waals surface area contributed by atoms with Crippen LogP contribution in [0.1, 0.15) is 41.5 Å². The van der Waals surface area contributed by atoms with Crippen molar-refractivity contribution in [3.63, 3.8) is 0 Å². The summed E-state index contributed by atoms with van der Waals surface area (Å²) in [4.78, 5) is 10.9. The Morgan fingerprint density at radius 2 is 1.71 bits per heavy atom. The molecule has 1 saturated carbocycles. The molecule has 5 nitrogen and oxygen atoms in total. The molecule has 0 saturated heterocycles. The predicted octanol–water partition coefficient (Wildman–Crippen LogP) is 6.57. The Balaban J connectivity index is 1.72. The minimum Gasteiger partial charge on any atom is -0.497 e. The van der Waals surface area contributed by atoms with Crippen LogP contribution in [0.15, 0.2) is 72.8 Å². The standard InChI is InChI=1S/C29H25FN2O3/c1-35-23-13-10-21(11-14-23)27(19-3-2-4-19)28(20-8-5-18(6-9-20)7-16-26(33)34)22-12-15-25-24(17-22)29(30)32-31-25/h5-17,19H,2-4H2,1H3,(H,31,32)(H,33,34). The van der Waals surface area contributed by atoms with Crippen LogP contribution in [-0.2, 0) is 4.79 Å². The van der Waals surface area contributed by atoms with E-state index in [9.17, 15) is 9.18 Å². The van der Waals surface area contributed by atoms with E-state index in [1.54, 1.807) is 13.2 Å². The molecular formula is C29H25FN2O3. The van der Waals surface area contributed by atoms with E-state index in [0.717, 1.165) is 52.5 Å². The molecule has 4 aromatic rings. The highest BCUT2D eigenvalue weighted by molar-refractivity contribution is 6.01. The number of carboxylic acid groups (broad SMARTS) is 1. The van der Waals surface area contributed by atoms with E-state index in [4.69, 9.17) is 9.84 Å². The maximum atomic E-state index is 14.4. The number of methoxy groups -OCH3 is 1. The molecule has 176 valence electrons. The van der Waals surface area contributed by atoms with Gasteiger partial charge in [0.05, 0.1) is 18.0 Å². The Kier molecular flexibility index (Phi) is 6.19. The lowest BCUT2D eigenvalue weighted by Crippen LogP contribution is -2.15. The number of allylic oxidation sites excluding steroid dienone is 1. The maximum absolute atomic E-state index is 14.4. The van der Waals surface area contributed by atoms with Gasteiger partial charge in [-0.3, -0.25) is 5.10 Å². The normalized spacial score (nSPS) is 14.7. The molecular weight excluding hydrogens is 443 g/mol. The summed E-state index contributed by atoms with van der Waals surface area (Å²) in [7, 11) is 1.65. The van der Waals surface area contributed by atoms with Crippen molar-refractivity contribution in [1.29, 1.82) is 0 Å². The van der Waals surface area contributed by atoms with Gasteiger partial charge in [0.15, 0.2) is 0 Å². The van der Waals surface area contributed by atoms with Crippen molar-refractivity contribution in [1.82, 2.24) is 10.2 Å². The first kappa shape index (κ1) is 22.6. The van der Waals surface area contributed by atoms with E-state index >= 15 is 0 Å². The van der Waals surface area contributed by atoms with Crippen molar-refractivity contribution in [2.45, 2.75) is 19.3 Å². The largest absolute Gasteiger partial charge is 0.497 e. The van der Waals surface area contributed by atoms with Gasteiger partial charge in [-0.15, -0.1) is 5.10 Å². The first-order chi connectivity index (χ1) is 17.0. The number of fused-ring (bicyclic) bond motifs is 1. The Morgan fingerprint density at radius 1 is 1.03 bits per heavy atom. The molecule has 5 rings (SSSR count). The number of aliphatic carboxylic acids is 1. The molecule has 6 heteroatoms.